The number of carbonyl (C=O) groups is 2. The van der Waals surface area contributed by atoms with Gasteiger partial charge in [-0.05, 0) is 56.9 Å². The van der Waals surface area contributed by atoms with Crippen molar-refractivity contribution in [2.75, 3.05) is 13.7 Å². The van der Waals surface area contributed by atoms with Gasteiger partial charge in [0.05, 0.1) is 19.1 Å². The van der Waals surface area contributed by atoms with E-state index in [1.165, 1.54) is 25.2 Å². The van der Waals surface area contributed by atoms with Crippen LogP contribution < -0.4 is 15.2 Å². The van der Waals surface area contributed by atoms with Crippen molar-refractivity contribution in [3.8, 4) is 5.75 Å². The topological polar surface area (TPSA) is 132 Å². The summed E-state index contributed by atoms with van der Waals surface area (Å²) < 4.78 is 47.2. The molecule has 2 amide bonds. The van der Waals surface area contributed by atoms with Gasteiger partial charge in [0.25, 0.3) is 15.9 Å². The number of hydrogen-bond donors (Lipinski definition) is 2. The maximum Gasteiger partial charge on any atom is 0.284 e. The number of halogens is 1. The normalized spacial score (nSPS) is 15.2. The number of benzene rings is 2. The molecule has 4 rings (SSSR count). The Hall–Kier alpha value is -3.35. The highest BCUT2D eigenvalue weighted by atomic mass is 32.2. The Morgan fingerprint density at radius 1 is 1.17 bits per heavy atom. The van der Waals surface area contributed by atoms with Gasteiger partial charge >= 0.3 is 0 Å². The van der Waals surface area contributed by atoms with Crippen LogP contribution in [-0.2, 0) is 26.8 Å². The molecule has 9 nitrogen and oxygen atoms in total. The fraction of sp³-hybridized carbons (Fsp3) is 0.414. The lowest BCUT2D eigenvalue weighted by Crippen LogP contribution is -2.50. The van der Waals surface area contributed by atoms with Crippen LogP contribution in [0.2, 0.25) is 0 Å². The van der Waals surface area contributed by atoms with Crippen molar-refractivity contribution in [1.29, 1.82) is 0 Å². The van der Waals surface area contributed by atoms with Gasteiger partial charge in [-0.2, -0.15) is 0 Å². The molecule has 0 saturated heterocycles. The Morgan fingerprint density at radius 2 is 1.80 bits per heavy atom. The quantitative estimate of drug-likeness (QED) is 0.315. The van der Waals surface area contributed by atoms with E-state index in [-0.39, 0.29) is 31.1 Å². The highest BCUT2D eigenvalue weighted by Gasteiger charge is 2.53. The summed E-state index contributed by atoms with van der Waals surface area (Å²) in [6.07, 6.45) is 0.121. The lowest BCUT2D eigenvalue weighted by Gasteiger charge is -2.28. The van der Waals surface area contributed by atoms with Crippen LogP contribution in [0.3, 0.4) is 0 Å². The molecule has 1 saturated carbocycles. The number of alkyl halides is 1. The number of nitrogens with one attached hydrogen (secondary N) is 1. The van der Waals surface area contributed by atoms with E-state index in [2.05, 4.69) is 4.98 Å². The molecule has 12 heteroatoms. The number of sulfonamides is 1. The van der Waals surface area contributed by atoms with Crippen molar-refractivity contribution in [2.24, 2.45) is 5.73 Å². The summed E-state index contributed by atoms with van der Waals surface area (Å²) in [5.41, 5.74) is 6.30. The van der Waals surface area contributed by atoms with Gasteiger partial charge < -0.3 is 15.4 Å². The van der Waals surface area contributed by atoms with Crippen LogP contribution in [0.4, 0.5) is 4.39 Å². The van der Waals surface area contributed by atoms with Crippen LogP contribution in [0.1, 0.15) is 70.8 Å². The van der Waals surface area contributed by atoms with Crippen LogP contribution in [-0.4, -0.2) is 48.6 Å². The molecule has 1 aliphatic rings. The van der Waals surface area contributed by atoms with E-state index in [0.717, 1.165) is 5.56 Å². The number of ether oxygens (including phenoxy) is 1. The smallest absolute Gasteiger partial charge is 0.284 e. The molecule has 220 valence electrons. The molecule has 41 heavy (non-hydrogen) atoms. The van der Waals surface area contributed by atoms with Gasteiger partial charge in [0.15, 0.2) is 0 Å². The van der Waals surface area contributed by atoms with Gasteiger partial charge in [0.1, 0.15) is 27.5 Å². The Bertz CT molecular complexity index is 1500. The number of rotatable bonds is 12. The minimum atomic E-state index is -4.15. The number of aromatic nitrogens is 1. The van der Waals surface area contributed by atoms with Crippen LogP contribution >= 0.6 is 11.3 Å². The summed E-state index contributed by atoms with van der Waals surface area (Å²) >= 11 is 1.18. The minimum Gasteiger partial charge on any atom is -0.497 e. The van der Waals surface area contributed by atoms with Crippen LogP contribution in [0.15, 0.2) is 54.6 Å². The fourth-order valence-electron chi connectivity index (χ4n) is 4.51. The van der Waals surface area contributed by atoms with Gasteiger partial charge in [-0.3, -0.25) is 9.59 Å². The van der Waals surface area contributed by atoms with Crippen LogP contribution in [0, 0.1) is 6.92 Å². The molecule has 0 bridgehead atoms. The second kappa shape index (κ2) is 11.9. The Kier molecular flexibility index (Phi) is 8.86. The second-order valence-electron chi connectivity index (χ2n) is 10.8. The number of amides is 2. The zero-order chi connectivity index (χ0) is 30.0. The molecule has 1 aliphatic carbocycles. The number of hydrogen-bond acceptors (Lipinski definition) is 8. The first-order valence-corrected chi connectivity index (χ1v) is 15.5. The van der Waals surface area contributed by atoms with Gasteiger partial charge in [-0.15, -0.1) is 11.3 Å². The lowest BCUT2D eigenvalue weighted by molar-refractivity contribution is -0.134. The predicted molar refractivity (Wildman–Crippen MR) is 156 cm³/mol. The molecule has 2 aromatic carbocycles. The Morgan fingerprint density at radius 3 is 2.37 bits per heavy atom. The molecule has 0 aliphatic heterocycles. The summed E-state index contributed by atoms with van der Waals surface area (Å²) in [5, 5.41) is 0.436. The van der Waals surface area contributed by atoms with Crippen molar-refractivity contribution in [3.05, 3.63) is 81.3 Å². The van der Waals surface area contributed by atoms with Gasteiger partial charge in [0, 0.05) is 17.8 Å². The number of nitrogens with zero attached hydrogens (tertiary/aromatic N) is 2. The van der Waals surface area contributed by atoms with E-state index in [9.17, 15) is 18.0 Å². The average Bonchev–Trinajstić information content (AvgIpc) is 3.66. The van der Waals surface area contributed by atoms with Crippen LogP contribution in [0.25, 0.3) is 0 Å². The highest BCUT2D eigenvalue weighted by Crippen LogP contribution is 2.50. The third-order valence-electron chi connectivity index (χ3n) is 7.20. The monoisotopic (exact) mass is 602 g/mol. The standard InChI is InChI=1S/C29H35FN4O5S2/c1-19-25(26(35)33-41(37,38)28(2,3)31)32-24(40-19)18-34(17-14-23(30)20-8-6-5-7-9-20)27(36)29(15-16-29)21-10-12-22(39-4)13-11-21/h5-13,23H,14-18,31H2,1-4H3,(H,33,35). The molecule has 3 aromatic rings. The molecule has 3 N–H and O–H groups in total. The molecule has 1 fully saturated rings. The summed E-state index contributed by atoms with van der Waals surface area (Å²) in [7, 11) is -2.58. The van der Waals surface area contributed by atoms with Crippen LogP contribution in [0.5, 0.6) is 5.75 Å². The van der Waals surface area contributed by atoms with E-state index in [0.29, 0.717) is 34.0 Å². The van der Waals surface area contributed by atoms with E-state index in [4.69, 9.17) is 10.5 Å². The molecular weight excluding hydrogens is 567 g/mol. The molecule has 1 unspecified atom stereocenters. The van der Waals surface area contributed by atoms with E-state index in [1.54, 1.807) is 43.2 Å². The van der Waals surface area contributed by atoms with E-state index in [1.807, 2.05) is 35.1 Å². The van der Waals surface area contributed by atoms with E-state index < -0.39 is 32.4 Å². The van der Waals surface area contributed by atoms with Crippen molar-refractivity contribution < 1.29 is 27.1 Å². The third kappa shape index (κ3) is 6.77. The summed E-state index contributed by atoms with van der Waals surface area (Å²) in [5.74, 6) is -0.360. The number of nitrogens with two attached hydrogens (primary N) is 1. The number of carbonyl (C=O) groups excluding carboxylic acids is 2. The van der Waals surface area contributed by atoms with E-state index >= 15 is 4.39 Å². The summed E-state index contributed by atoms with van der Waals surface area (Å²) in [6.45, 7) is 4.37. The average molecular weight is 603 g/mol. The summed E-state index contributed by atoms with van der Waals surface area (Å²) in [4.78, 5) is 31.6. The third-order valence-corrected chi connectivity index (χ3v) is 10.00. The van der Waals surface area contributed by atoms with Crippen molar-refractivity contribution in [2.45, 2.75) is 63.0 Å². The molecule has 1 aromatic heterocycles. The van der Waals surface area contributed by atoms with Gasteiger partial charge in [-0.25, -0.2) is 22.5 Å². The largest absolute Gasteiger partial charge is 0.497 e. The Labute approximate surface area is 244 Å². The fourth-order valence-corrected chi connectivity index (χ4v) is 6.06. The molecule has 0 spiro atoms. The minimum absolute atomic E-state index is 0.0478. The van der Waals surface area contributed by atoms with Crippen molar-refractivity contribution in [1.82, 2.24) is 14.6 Å². The maximum absolute atomic E-state index is 15.2. The summed E-state index contributed by atoms with van der Waals surface area (Å²) in [6, 6.07) is 16.1. The number of thiazole rings is 1. The first kappa shape index (κ1) is 30.6. The second-order valence-corrected chi connectivity index (χ2v) is 14.3. The van der Waals surface area contributed by atoms with Crippen molar-refractivity contribution in [3.63, 3.8) is 0 Å². The zero-order valence-corrected chi connectivity index (χ0v) is 25.1. The molecule has 1 heterocycles. The molecule has 1 atom stereocenters. The molecular formula is C29H35FN4O5S2. The predicted octanol–water partition coefficient (Wildman–Crippen LogP) is 4.38. The lowest BCUT2D eigenvalue weighted by atomic mass is 9.94. The van der Waals surface area contributed by atoms with Crippen molar-refractivity contribution >= 4 is 33.2 Å². The Balaban J connectivity index is 1.58. The number of methoxy groups -OCH3 is 1. The first-order chi connectivity index (χ1) is 19.3. The SMILES string of the molecule is COc1ccc(C2(C(=O)N(CCC(F)c3ccccc3)Cc3nc(C(=O)NS(=O)(=O)C(C)(C)N)c(C)s3)CC2)cc1. The highest BCUT2D eigenvalue weighted by molar-refractivity contribution is 7.91. The maximum atomic E-state index is 15.2. The zero-order valence-electron chi connectivity index (χ0n) is 23.5. The van der Waals surface area contributed by atoms with Gasteiger partial charge in [-0.1, -0.05) is 42.5 Å². The number of aryl methyl sites for hydroxylation is 1. The first-order valence-electron chi connectivity index (χ1n) is 13.2. The molecule has 0 radical (unpaired) electrons. The van der Waals surface area contributed by atoms with Gasteiger partial charge in [0.2, 0.25) is 5.91 Å².